The van der Waals surface area contributed by atoms with Crippen molar-refractivity contribution in [1.82, 2.24) is 0 Å². The molecule has 0 aromatic rings. The number of aliphatic hydroxyl groups excluding tert-OH is 1. The molecule has 10 heavy (non-hydrogen) atoms. The van der Waals surface area contributed by atoms with Crippen LogP contribution in [0.15, 0.2) is 24.8 Å². The summed E-state index contributed by atoms with van der Waals surface area (Å²) in [5, 5.41) is 8.57. The number of hydrogen-bond donors (Lipinski definition) is 1. The van der Waals surface area contributed by atoms with E-state index in [1.807, 2.05) is 6.08 Å². The molecule has 1 nitrogen and oxygen atoms in total. The Kier molecular flexibility index (Phi) is 6.19. The van der Waals surface area contributed by atoms with Crippen molar-refractivity contribution in [3.63, 3.8) is 0 Å². The molecule has 0 aromatic carbocycles. The van der Waals surface area contributed by atoms with Gasteiger partial charge in [0.05, 0.1) is 6.61 Å². The van der Waals surface area contributed by atoms with Crippen LogP contribution in [-0.4, -0.2) is 11.7 Å². The summed E-state index contributed by atoms with van der Waals surface area (Å²) >= 11 is 0. The molecule has 58 valence electrons. The molecular formula is C9H16O. The van der Waals surface area contributed by atoms with Crippen molar-refractivity contribution in [1.29, 1.82) is 0 Å². The Hall–Kier alpha value is -0.560. The highest BCUT2D eigenvalue weighted by Gasteiger charge is 1.90. The number of rotatable bonds is 6. The summed E-state index contributed by atoms with van der Waals surface area (Å²) < 4.78 is 0. The molecule has 0 aliphatic rings. The molecule has 0 rings (SSSR count). The van der Waals surface area contributed by atoms with Crippen LogP contribution in [0.25, 0.3) is 0 Å². The highest BCUT2D eigenvalue weighted by molar-refractivity contribution is 4.92. The first-order valence-electron chi connectivity index (χ1n) is 3.69. The average Bonchev–Trinajstić information content (AvgIpc) is 1.98. The molecule has 0 saturated heterocycles. The van der Waals surface area contributed by atoms with Gasteiger partial charge in [-0.15, -0.1) is 6.58 Å². The minimum absolute atomic E-state index is 0.133. The lowest BCUT2D eigenvalue weighted by Gasteiger charge is -1.98. The molecule has 1 N–H and O–H groups in total. The standard InChI is InChI=1S/C9H16O/c1-3-4-5-6-7-9(2)8-10/h3,10H,1-2,4-8H2. The van der Waals surface area contributed by atoms with E-state index in [1.165, 1.54) is 0 Å². The minimum atomic E-state index is 0.133. The largest absolute Gasteiger partial charge is 0.392 e. The van der Waals surface area contributed by atoms with Crippen LogP contribution in [-0.2, 0) is 0 Å². The van der Waals surface area contributed by atoms with Gasteiger partial charge in [0.2, 0.25) is 0 Å². The van der Waals surface area contributed by atoms with Crippen LogP contribution >= 0.6 is 0 Å². The molecule has 0 amide bonds. The van der Waals surface area contributed by atoms with Crippen molar-refractivity contribution in [3.05, 3.63) is 24.8 Å². The topological polar surface area (TPSA) is 20.2 Å². The van der Waals surface area contributed by atoms with Gasteiger partial charge in [-0.3, -0.25) is 0 Å². The van der Waals surface area contributed by atoms with Gasteiger partial charge in [0.25, 0.3) is 0 Å². The third-order valence-corrected chi connectivity index (χ3v) is 1.41. The first-order chi connectivity index (χ1) is 4.81. The zero-order valence-electron chi connectivity index (χ0n) is 6.47. The Bertz CT molecular complexity index is 105. The van der Waals surface area contributed by atoms with Gasteiger partial charge in [-0.25, -0.2) is 0 Å². The summed E-state index contributed by atoms with van der Waals surface area (Å²) in [6.07, 6.45) is 6.21. The molecular weight excluding hydrogens is 124 g/mol. The zero-order valence-corrected chi connectivity index (χ0v) is 6.47. The van der Waals surface area contributed by atoms with E-state index in [0.29, 0.717) is 0 Å². The summed E-state index contributed by atoms with van der Waals surface area (Å²) in [5.41, 5.74) is 0.934. The summed E-state index contributed by atoms with van der Waals surface area (Å²) in [4.78, 5) is 0. The van der Waals surface area contributed by atoms with Crippen LogP contribution < -0.4 is 0 Å². The van der Waals surface area contributed by atoms with Crippen molar-refractivity contribution in [2.24, 2.45) is 0 Å². The van der Waals surface area contributed by atoms with Gasteiger partial charge in [0.1, 0.15) is 0 Å². The maximum Gasteiger partial charge on any atom is 0.0639 e. The summed E-state index contributed by atoms with van der Waals surface area (Å²) in [6, 6.07) is 0. The predicted octanol–water partition coefficient (Wildman–Crippen LogP) is 2.28. The lowest BCUT2D eigenvalue weighted by atomic mass is 10.1. The molecule has 0 atom stereocenters. The van der Waals surface area contributed by atoms with Crippen molar-refractivity contribution < 1.29 is 5.11 Å². The molecule has 0 heterocycles. The quantitative estimate of drug-likeness (QED) is 0.443. The Morgan fingerprint density at radius 1 is 1.40 bits per heavy atom. The van der Waals surface area contributed by atoms with Gasteiger partial charge >= 0.3 is 0 Å². The van der Waals surface area contributed by atoms with E-state index in [2.05, 4.69) is 13.2 Å². The van der Waals surface area contributed by atoms with E-state index in [-0.39, 0.29) is 6.61 Å². The third kappa shape index (κ3) is 5.57. The number of aliphatic hydroxyl groups is 1. The normalized spacial score (nSPS) is 9.30. The van der Waals surface area contributed by atoms with Gasteiger partial charge in [0, 0.05) is 0 Å². The smallest absolute Gasteiger partial charge is 0.0639 e. The minimum Gasteiger partial charge on any atom is -0.392 e. The van der Waals surface area contributed by atoms with Gasteiger partial charge in [0.15, 0.2) is 0 Å². The van der Waals surface area contributed by atoms with Crippen LogP contribution in [0.4, 0.5) is 0 Å². The van der Waals surface area contributed by atoms with Gasteiger partial charge < -0.3 is 5.11 Å². The Balaban J connectivity index is 3.03. The van der Waals surface area contributed by atoms with Crippen LogP contribution in [0.1, 0.15) is 25.7 Å². The van der Waals surface area contributed by atoms with E-state index in [9.17, 15) is 0 Å². The van der Waals surface area contributed by atoms with E-state index in [4.69, 9.17) is 5.11 Å². The van der Waals surface area contributed by atoms with E-state index >= 15 is 0 Å². The second kappa shape index (κ2) is 6.56. The molecule has 0 radical (unpaired) electrons. The van der Waals surface area contributed by atoms with Gasteiger partial charge in [-0.05, 0) is 25.7 Å². The fraction of sp³-hybridized carbons (Fsp3) is 0.556. The molecule has 0 aliphatic carbocycles. The van der Waals surface area contributed by atoms with Crippen molar-refractivity contribution in [3.8, 4) is 0 Å². The Morgan fingerprint density at radius 2 is 2.10 bits per heavy atom. The second-order valence-electron chi connectivity index (χ2n) is 2.44. The monoisotopic (exact) mass is 140 g/mol. The van der Waals surface area contributed by atoms with Gasteiger partial charge in [-0.2, -0.15) is 0 Å². The molecule has 0 unspecified atom stereocenters. The zero-order chi connectivity index (χ0) is 7.82. The maximum absolute atomic E-state index is 8.57. The molecule has 1 heteroatoms. The number of hydrogen-bond acceptors (Lipinski definition) is 1. The fourth-order valence-electron chi connectivity index (χ4n) is 0.743. The lowest BCUT2D eigenvalue weighted by molar-refractivity contribution is 0.326. The fourth-order valence-corrected chi connectivity index (χ4v) is 0.743. The van der Waals surface area contributed by atoms with E-state index in [1.54, 1.807) is 0 Å². The summed E-state index contributed by atoms with van der Waals surface area (Å²) in [7, 11) is 0. The first-order valence-corrected chi connectivity index (χ1v) is 3.69. The Labute approximate surface area is 63.1 Å². The third-order valence-electron chi connectivity index (χ3n) is 1.41. The molecule has 0 bridgehead atoms. The molecule has 0 spiro atoms. The maximum atomic E-state index is 8.57. The number of unbranched alkanes of at least 4 members (excludes halogenated alkanes) is 2. The number of allylic oxidation sites excluding steroid dienone is 1. The van der Waals surface area contributed by atoms with Crippen molar-refractivity contribution in [2.75, 3.05) is 6.61 Å². The molecule has 0 aromatic heterocycles. The highest BCUT2D eigenvalue weighted by Crippen LogP contribution is 2.05. The SMILES string of the molecule is C=CCCCCC(=C)CO. The summed E-state index contributed by atoms with van der Waals surface area (Å²) in [6.45, 7) is 7.45. The van der Waals surface area contributed by atoms with Gasteiger partial charge in [-0.1, -0.05) is 18.2 Å². The van der Waals surface area contributed by atoms with Crippen LogP contribution in [0, 0.1) is 0 Å². The average molecular weight is 140 g/mol. The van der Waals surface area contributed by atoms with Crippen LogP contribution in [0.5, 0.6) is 0 Å². The van der Waals surface area contributed by atoms with Crippen LogP contribution in [0.2, 0.25) is 0 Å². The van der Waals surface area contributed by atoms with Crippen LogP contribution in [0.3, 0.4) is 0 Å². The molecule has 0 fully saturated rings. The molecule has 0 aliphatic heterocycles. The Morgan fingerprint density at radius 3 is 2.60 bits per heavy atom. The van der Waals surface area contributed by atoms with E-state index < -0.39 is 0 Å². The highest BCUT2D eigenvalue weighted by atomic mass is 16.3. The van der Waals surface area contributed by atoms with Crippen molar-refractivity contribution in [2.45, 2.75) is 25.7 Å². The molecule has 0 saturated carbocycles. The lowest BCUT2D eigenvalue weighted by Crippen LogP contribution is -1.87. The van der Waals surface area contributed by atoms with Crippen molar-refractivity contribution >= 4 is 0 Å². The summed E-state index contributed by atoms with van der Waals surface area (Å²) in [5.74, 6) is 0. The van der Waals surface area contributed by atoms with E-state index in [0.717, 1.165) is 31.3 Å². The second-order valence-corrected chi connectivity index (χ2v) is 2.44. The predicted molar refractivity (Wildman–Crippen MR) is 44.9 cm³/mol. The first kappa shape index (κ1) is 9.44.